The summed E-state index contributed by atoms with van der Waals surface area (Å²) in [6.45, 7) is 6.86. The molecule has 0 heterocycles. The maximum Gasteiger partial charge on any atom is 0.327 e. The number of carboxylic acid groups (broad SMARTS) is 4. The highest BCUT2D eigenvalue weighted by atomic mass is 35.5. The first-order chi connectivity index (χ1) is 32.6. The predicted octanol–water partition coefficient (Wildman–Crippen LogP) is 14.0. The van der Waals surface area contributed by atoms with Crippen molar-refractivity contribution in [1.29, 1.82) is 0 Å². The van der Waals surface area contributed by atoms with E-state index in [0.717, 1.165) is 59.9 Å². The van der Waals surface area contributed by atoms with Gasteiger partial charge >= 0.3 is 23.9 Å². The summed E-state index contributed by atoms with van der Waals surface area (Å²) in [5, 5.41) is 34.5. The highest BCUT2D eigenvalue weighted by Gasteiger charge is 2.45. The first-order valence-electron chi connectivity index (χ1n) is 23.6. The number of carboxylic acids is 4. The van der Waals surface area contributed by atoms with E-state index in [1.54, 1.807) is 28.5 Å². The van der Waals surface area contributed by atoms with Crippen LogP contribution >= 0.6 is 45.8 Å². The molecule has 0 aliphatic heterocycles. The Morgan fingerprint density at radius 2 is 1.07 bits per heavy atom. The number of aryl methyl sites for hydroxylation is 2. The molecule has 0 aromatic heterocycles. The fraction of sp³-hybridized carbons (Fsp3) is 0.549. The number of unbranched alkanes of at least 4 members (excludes halogenated alkanes) is 13. The van der Waals surface area contributed by atoms with Crippen LogP contribution in [0, 0.1) is 5.82 Å². The van der Waals surface area contributed by atoms with Crippen molar-refractivity contribution in [2.75, 3.05) is 0 Å². The molecule has 18 heteroatoms. The summed E-state index contributed by atoms with van der Waals surface area (Å²) in [6, 6.07) is 21.2. The summed E-state index contributed by atoms with van der Waals surface area (Å²) in [5.74, 6) is -4.89. The third-order valence-corrected chi connectivity index (χ3v) is 15.6. The first kappa shape index (κ1) is 65.4. The molecule has 5 N–H and O–H groups in total. The molecule has 0 aliphatic carbocycles. The van der Waals surface area contributed by atoms with Crippen LogP contribution in [0.2, 0.25) is 0 Å². The van der Waals surface area contributed by atoms with Crippen LogP contribution in [0.25, 0.3) is 0 Å². The van der Waals surface area contributed by atoms with Crippen LogP contribution in [0.15, 0.2) is 82.6 Å². The lowest BCUT2D eigenvalue weighted by Gasteiger charge is -2.20. The molecule has 3 aromatic carbocycles. The average Bonchev–Trinajstić information content (AvgIpc) is 3.30. The number of aliphatic carboxylic acids is 4. The van der Waals surface area contributed by atoms with E-state index in [0.29, 0.717) is 24.8 Å². The number of benzene rings is 3. The zero-order valence-corrected chi connectivity index (χ0v) is 44.6. The summed E-state index contributed by atoms with van der Waals surface area (Å²) in [6.07, 6.45) is 19.4. The van der Waals surface area contributed by atoms with Gasteiger partial charge in [-0.1, -0.05) is 168 Å². The molecule has 0 spiro atoms. The normalized spacial score (nSPS) is 12.6. The van der Waals surface area contributed by atoms with Crippen LogP contribution in [0.5, 0.6) is 0 Å². The van der Waals surface area contributed by atoms with Gasteiger partial charge in [0.2, 0.25) is 5.12 Å². The fourth-order valence-electron chi connectivity index (χ4n) is 6.38. The van der Waals surface area contributed by atoms with E-state index >= 15 is 0 Å². The Morgan fingerprint density at radius 1 is 0.667 bits per heavy atom. The molecule has 0 aliphatic rings. The van der Waals surface area contributed by atoms with Crippen molar-refractivity contribution in [1.82, 2.24) is 0 Å². The molecule has 388 valence electrons. The molecular formula is C51H74ClFO12S4. The maximum absolute atomic E-state index is 12.4. The quantitative estimate of drug-likeness (QED) is 0.0116. The van der Waals surface area contributed by atoms with E-state index < -0.39 is 44.7 Å². The average molecular weight is 1060 g/mol. The SMILES string of the molecule is CC(C(=O)O)c1ccc(F)cc1.CCCC(Cl)C(=O)S.CCCCCCCCCCCCCCCCC(C)(C(=O)O)S(=O)(=O)O.O=C(O)CCc1cccc(SSc2cccc(CCC(=O)O)c2)c1. The summed E-state index contributed by atoms with van der Waals surface area (Å²) >= 11 is 9.05. The fourth-order valence-corrected chi connectivity index (χ4v) is 9.41. The van der Waals surface area contributed by atoms with Crippen LogP contribution < -0.4 is 0 Å². The third kappa shape index (κ3) is 32.1. The molecule has 0 bridgehead atoms. The number of alkyl halides is 1. The predicted molar refractivity (Wildman–Crippen MR) is 280 cm³/mol. The molecule has 69 heavy (non-hydrogen) atoms. The standard InChI is InChI=1S/C19H38O5S.C18H18O4S2.C9H9FO2.C5H9ClOS/c1-3-4-5-6-7-8-9-10-11-12-13-14-15-16-17-19(2,18(20)21)25(22,23)24;19-17(20)9-7-13-3-1-5-15(11-13)23-24-16-6-2-4-14(12-16)8-10-18(21)22;1-6(9(11)12)7-2-4-8(10)5-3-7;1-2-3-4(6)5(7)8/h3-17H2,1-2H3,(H,20,21)(H,22,23,24);1-6,11-12H,7-10H2,(H,19,20)(H,21,22);2-6H,1H3,(H,11,12);4H,2-3H2,1H3,(H,7,8). The molecule has 3 rings (SSSR count). The first-order valence-corrected chi connectivity index (χ1v) is 28.1. The van der Waals surface area contributed by atoms with E-state index in [1.165, 1.54) is 88.5 Å². The summed E-state index contributed by atoms with van der Waals surface area (Å²) in [5.41, 5.74) is 2.64. The van der Waals surface area contributed by atoms with Crippen LogP contribution in [-0.4, -0.2) is 72.5 Å². The van der Waals surface area contributed by atoms with Gasteiger partial charge in [-0.25, -0.2) is 4.39 Å². The second-order valence-corrected chi connectivity index (χ2v) is 21.9. The largest absolute Gasteiger partial charge is 0.481 e. The second kappa shape index (κ2) is 38.1. The molecule has 12 nitrogen and oxygen atoms in total. The molecule has 0 amide bonds. The van der Waals surface area contributed by atoms with Crippen LogP contribution in [0.4, 0.5) is 4.39 Å². The molecule has 3 atom stereocenters. The number of hydrogen-bond acceptors (Lipinski definition) is 9. The van der Waals surface area contributed by atoms with Gasteiger partial charge in [-0.15, -0.1) is 24.2 Å². The number of rotatable bonds is 31. The summed E-state index contributed by atoms with van der Waals surface area (Å²) < 4.78 is 41.9. The summed E-state index contributed by atoms with van der Waals surface area (Å²) in [4.78, 5) is 55.3. The van der Waals surface area contributed by atoms with Gasteiger partial charge in [0, 0.05) is 22.6 Å². The van der Waals surface area contributed by atoms with E-state index in [9.17, 15) is 36.8 Å². The van der Waals surface area contributed by atoms with Gasteiger partial charge in [0.1, 0.15) is 11.2 Å². The lowest BCUT2D eigenvalue weighted by Crippen LogP contribution is -2.43. The van der Waals surface area contributed by atoms with E-state index in [2.05, 4.69) is 19.6 Å². The van der Waals surface area contributed by atoms with Crippen LogP contribution in [-0.2, 0) is 46.9 Å². The lowest BCUT2D eigenvalue weighted by molar-refractivity contribution is -0.140. The van der Waals surface area contributed by atoms with Crippen molar-refractivity contribution in [3.63, 3.8) is 0 Å². The Hall–Kier alpha value is -3.61. The molecule has 0 radical (unpaired) electrons. The number of halogens is 2. The van der Waals surface area contributed by atoms with E-state index in [4.69, 9.17) is 36.6 Å². The van der Waals surface area contributed by atoms with E-state index in [1.807, 2.05) is 55.5 Å². The van der Waals surface area contributed by atoms with Crippen molar-refractivity contribution in [2.45, 2.75) is 188 Å². The van der Waals surface area contributed by atoms with Gasteiger partial charge in [0.25, 0.3) is 10.1 Å². The number of thiol groups is 1. The molecule has 0 saturated carbocycles. The molecule has 3 unspecified atom stereocenters. The van der Waals surface area contributed by atoms with Crippen molar-refractivity contribution in [3.8, 4) is 0 Å². The van der Waals surface area contributed by atoms with Gasteiger partial charge in [-0.3, -0.25) is 28.5 Å². The Labute approximate surface area is 427 Å². The van der Waals surface area contributed by atoms with Crippen LogP contribution in [0.3, 0.4) is 0 Å². The Morgan fingerprint density at radius 3 is 1.39 bits per heavy atom. The Kier molecular flexibility index (Phi) is 36.1. The van der Waals surface area contributed by atoms with Crippen molar-refractivity contribution >= 4 is 84.9 Å². The van der Waals surface area contributed by atoms with Gasteiger partial charge in [0.15, 0.2) is 4.75 Å². The highest BCUT2D eigenvalue weighted by molar-refractivity contribution is 8.76. The minimum absolute atomic E-state index is 0.0425. The minimum atomic E-state index is -4.58. The highest BCUT2D eigenvalue weighted by Crippen LogP contribution is 2.38. The second-order valence-electron chi connectivity index (χ2n) is 16.8. The molecule has 0 saturated heterocycles. The smallest absolute Gasteiger partial charge is 0.327 e. The lowest BCUT2D eigenvalue weighted by atomic mass is 10.0. The Bertz CT molecular complexity index is 1990. The van der Waals surface area contributed by atoms with Crippen LogP contribution in [0.1, 0.15) is 172 Å². The summed E-state index contributed by atoms with van der Waals surface area (Å²) in [7, 11) is -1.37. The molecular weight excluding hydrogens is 987 g/mol. The maximum atomic E-state index is 12.4. The molecule has 0 fully saturated rings. The van der Waals surface area contributed by atoms with Gasteiger partial charge < -0.3 is 20.4 Å². The monoisotopic (exact) mass is 1060 g/mol. The van der Waals surface area contributed by atoms with Crippen molar-refractivity contribution in [2.24, 2.45) is 0 Å². The Balaban J connectivity index is 0.000000970. The topological polar surface area (TPSA) is 221 Å². The zero-order valence-electron chi connectivity index (χ0n) is 40.5. The minimum Gasteiger partial charge on any atom is -0.481 e. The van der Waals surface area contributed by atoms with Gasteiger partial charge in [-0.2, -0.15) is 8.42 Å². The molecule has 3 aromatic rings. The zero-order chi connectivity index (χ0) is 52.3. The third-order valence-electron chi connectivity index (χ3n) is 10.9. The number of carbonyl (C=O) groups excluding carboxylic acids is 1. The van der Waals surface area contributed by atoms with E-state index in [-0.39, 0.29) is 35.6 Å². The van der Waals surface area contributed by atoms with Gasteiger partial charge in [0.05, 0.1) is 5.92 Å². The number of hydrogen-bond donors (Lipinski definition) is 6. The van der Waals surface area contributed by atoms with Gasteiger partial charge in [-0.05, 0) is 92.6 Å². The number of carbonyl (C=O) groups is 5. The van der Waals surface area contributed by atoms with Crippen molar-refractivity contribution < 1.29 is 61.8 Å². The van der Waals surface area contributed by atoms with Crippen molar-refractivity contribution in [3.05, 3.63) is 95.3 Å².